The van der Waals surface area contributed by atoms with Crippen molar-refractivity contribution in [1.29, 1.82) is 0 Å². The van der Waals surface area contributed by atoms with Gasteiger partial charge < -0.3 is 9.47 Å². The lowest BCUT2D eigenvalue weighted by Crippen LogP contribution is -2.10. The average molecular weight is 765 g/mol. The molecule has 11 aromatic rings. The van der Waals surface area contributed by atoms with Gasteiger partial charge in [0, 0.05) is 33.5 Å². The second kappa shape index (κ2) is 15.1. The predicted octanol–water partition coefficient (Wildman–Crippen LogP) is 16.1. The van der Waals surface area contributed by atoms with Crippen LogP contribution in [0.5, 0.6) is 0 Å². The Morgan fingerprint density at radius 2 is 0.783 bits per heavy atom. The van der Waals surface area contributed by atoms with Gasteiger partial charge in [-0.25, -0.2) is 0 Å². The molecule has 0 bridgehead atoms. The third-order valence-electron chi connectivity index (χ3n) is 11.8. The van der Waals surface area contributed by atoms with Crippen molar-refractivity contribution in [3.8, 4) is 50.2 Å². The Kier molecular flexibility index (Phi) is 8.87. The first-order valence-electron chi connectivity index (χ1n) is 20.6. The van der Waals surface area contributed by atoms with Crippen LogP contribution < -0.4 is 4.90 Å². The van der Waals surface area contributed by atoms with E-state index < -0.39 is 0 Å². The quantitative estimate of drug-likeness (QED) is 0.150. The second-order valence-electron chi connectivity index (χ2n) is 15.3. The highest BCUT2D eigenvalue weighted by Gasteiger charge is 2.20. The summed E-state index contributed by atoms with van der Waals surface area (Å²) in [4.78, 5) is 2.38. The molecule has 2 heteroatoms. The molecule has 0 fully saturated rings. The standard InChI is InChI=1S/C58H40N2/c1-4-15-41(16-5-1)44-29-31-47(32-30-44)54-27-14-28-55-57(54)58-53-26-11-10-21-46(53)35-38-56(58)60(55)52-25-13-24-51(40-52)59(49-36-33-45(34-37-49)42-17-6-2-7-18-42)50-23-12-22-48(39-50)43-19-8-3-9-20-43/h1-40H. The Labute approximate surface area is 350 Å². The first-order valence-corrected chi connectivity index (χ1v) is 20.6. The molecule has 11 rings (SSSR count). The number of hydrogen-bond acceptors (Lipinski definition) is 1. The van der Waals surface area contributed by atoms with E-state index in [4.69, 9.17) is 0 Å². The van der Waals surface area contributed by atoms with Crippen LogP contribution in [0.3, 0.4) is 0 Å². The van der Waals surface area contributed by atoms with Gasteiger partial charge in [-0.1, -0.05) is 188 Å². The van der Waals surface area contributed by atoms with Crippen molar-refractivity contribution in [3.63, 3.8) is 0 Å². The molecule has 0 saturated carbocycles. The number of benzene rings is 10. The van der Waals surface area contributed by atoms with Crippen LogP contribution in [0, 0.1) is 0 Å². The highest BCUT2D eigenvalue weighted by atomic mass is 15.1. The van der Waals surface area contributed by atoms with Crippen LogP contribution in [0.4, 0.5) is 17.1 Å². The number of hydrogen-bond donors (Lipinski definition) is 0. The molecule has 0 aliphatic rings. The highest BCUT2D eigenvalue weighted by molar-refractivity contribution is 6.25. The molecule has 0 N–H and O–H groups in total. The van der Waals surface area contributed by atoms with Crippen molar-refractivity contribution < 1.29 is 0 Å². The largest absolute Gasteiger partial charge is 0.310 e. The maximum Gasteiger partial charge on any atom is 0.0547 e. The fraction of sp³-hybridized carbons (Fsp3) is 0. The maximum atomic E-state index is 2.46. The number of fused-ring (bicyclic) bond motifs is 5. The minimum absolute atomic E-state index is 1.08. The van der Waals surface area contributed by atoms with Gasteiger partial charge in [0.1, 0.15) is 0 Å². The lowest BCUT2D eigenvalue weighted by Gasteiger charge is -2.27. The van der Waals surface area contributed by atoms with E-state index in [1.807, 2.05) is 0 Å². The van der Waals surface area contributed by atoms with Crippen molar-refractivity contribution in [1.82, 2.24) is 4.57 Å². The summed E-state index contributed by atoms with van der Waals surface area (Å²) in [5.41, 5.74) is 16.3. The summed E-state index contributed by atoms with van der Waals surface area (Å²) < 4.78 is 2.46. The predicted molar refractivity (Wildman–Crippen MR) is 255 cm³/mol. The van der Waals surface area contributed by atoms with E-state index in [1.54, 1.807) is 0 Å². The van der Waals surface area contributed by atoms with Crippen molar-refractivity contribution in [2.45, 2.75) is 0 Å². The molecule has 0 amide bonds. The molecule has 0 saturated heterocycles. The van der Waals surface area contributed by atoms with E-state index in [-0.39, 0.29) is 0 Å². The van der Waals surface area contributed by atoms with Gasteiger partial charge in [-0.15, -0.1) is 0 Å². The first-order chi connectivity index (χ1) is 29.8. The third kappa shape index (κ3) is 6.32. The van der Waals surface area contributed by atoms with Crippen LogP contribution >= 0.6 is 0 Å². The summed E-state index contributed by atoms with van der Waals surface area (Å²) in [5.74, 6) is 0. The Morgan fingerprint density at radius 3 is 1.47 bits per heavy atom. The molecule has 1 aromatic heterocycles. The topological polar surface area (TPSA) is 8.17 Å². The van der Waals surface area contributed by atoms with Gasteiger partial charge in [-0.05, 0) is 110 Å². The van der Waals surface area contributed by atoms with Crippen LogP contribution in [-0.4, -0.2) is 4.57 Å². The second-order valence-corrected chi connectivity index (χ2v) is 15.3. The number of nitrogens with zero attached hydrogens (tertiary/aromatic N) is 2. The van der Waals surface area contributed by atoms with E-state index in [0.717, 1.165) is 22.7 Å². The minimum Gasteiger partial charge on any atom is -0.310 e. The van der Waals surface area contributed by atoms with Gasteiger partial charge in [-0.3, -0.25) is 0 Å². The molecule has 0 aliphatic heterocycles. The van der Waals surface area contributed by atoms with Gasteiger partial charge in [0.2, 0.25) is 0 Å². The molecule has 2 nitrogen and oxygen atoms in total. The fourth-order valence-corrected chi connectivity index (χ4v) is 8.93. The third-order valence-corrected chi connectivity index (χ3v) is 11.8. The van der Waals surface area contributed by atoms with Gasteiger partial charge in [-0.2, -0.15) is 0 Å². The number of rotatable bonds is 8. The molecule has 0 spiro atoms. The molecule has 60 heavy (non-hydrogen) atoms. The van der Waals surface area contributed by atoms with Crippen molar-refractivity contribution in [2.75, 3.05) is 4.90 Å². The smallest absolute Gasteiger partial charge is 0.0547 e. The Bertz CT molecular complexity index is 3270. The molecule has 282 valence electrons. The Hall–Kier alpha value is -7.94. The van der Waals surface area contributed by atoms with Gasteiger partial charge in [0.15, 0.2) is 0 Å². The zero-order chi connectivity index (χ0) is 39.8. The van der Waals surface area contributed by atoms with E-state index in [1.165, 1.54) is 77.1 Å². The number of anilines is 3. The van der Waals surface area contributed by atoms with Crippen LogP contribution in [0.15, 0.2) is 243 Å². The maximum absolute atomic E-state index is 2.46. The van der Waals surface area contributed by atoms with E-state index in [2.05, 4.69) is 252 Å². The summed E-state index contributed by atoms with van der Waals surface area (Å²) >= 11 is 0. The van der Waals surface area contributed by atoms with Gasteiger partial charge in [0.05, 0.1) is 11.0 Å². The fourth-order valence-electron chi connectivity index (χ4n) is 8.93. The molecular weight excluding hydrogens is 725 g/mol. The SMILES string of the molecule is c1ccc(-c2ccc(-c3cccc4c3c3c5ccccc5ccc3n4-c3cccc(N(c4ccc(-c5ccccc5)cc4)c4cccc(-c5ccccc5)c4)c3)cc2)cc1. The normalized spacial score (nSPS) is 11.3. The monoisotopic (exact) mass is 764 g/mol. The summed E-state index contributed by atoms with van der Waals surface area (Å²) in [5, 5.41) is 5.00. The lowest BCUT2D eigenvalue weighted by atomic mass is 9.95. The zero-order valence-electron chi connectivity index (χ0n) is 33.0. The van der Waals surface area contributed by atoms with E-state index >= 15 is 0 Å². The molecule has 0 radical (unpaired) electrons. The molecular formula is C58H40N2. The summed E-state index contributed by atoms with van der Waals surface area (Å²) in [6, 6.07) is 87.8. The van der Waals surface area contributed by atoms with Gasteiger partial charge in [0.25, 0.3) is 0 Å². The minimum atomic E-state index is 1.08. The Morgan fingerprint density at radius 1 is 0.283 bits per heavy atom. The lowest BCUT2D eigenvalue weighted by molar-refractivity contribution is 1.17. The van der Waals surface area contributed by atoms with Crippen LogP contribution in [-0.2, 0) is 0 Å². The van der Waals surface area contributed by atoms with Gasteiger partial charge >= 0.3 is 0 Å². The van der Waals surface area contributed by atoms with Crippen LogP contribution in [0.25, 0.3) is 82.8 Å². The van der Waals surface area contributed by atoms with Crippen molar-refractivity contribution in [3.05, 3.63) is 243 Å². The molecule has 0 atom stereocenters. The Balaban J connectivity index is 1.10. The molecule has 10 aromatic carbocycles. The van der Waals surface area contributed by atoms with Crippen molar-refractivity contribution in [2.24, 2.45) is 0 Å². The average Bonchev–Trinajstić information content (AvgIpc) is 3.68. The zero-order valence-corrected chi connectivity index (χ0v) is 33.0. The summed E-state index contributed by atoms with van der Waals surface area (Å²) in [7, 11) is 0. The van der Waals surface area contributed by atoms with Crippen LogP contribution in [0.1, 0.15) is 0 Å². The van der Waals surface area contributed by atoms with Crippen LogP contribution in [0.2, 0.25) is 0 Å². The first kappa shape index (κ1) is 35.2. The summed E-state index contributed by atoms with van der Waals surface area (Å²) in [6.45, 7) is 0. The van der Waals surface area contributed by atoms with E-state index in [0.29, 0.717) is 0 Å². The molecule has 0 unspecified atom stereocenters. The molecule has 1 heterocycles. The van der Waals surface area contributed by atoms with Crippen molar-refractivity contribution >= 4 is 49.6 Å². The molecule has 0 aliphatic carbocycles. The highest BCUT2D eigenvalue weighted by Crippen LogP contribution is 2.44. The van der Waals surface area contributed by atoms with E-state index in [9.17, 15) is 0 Å². The number of aromatic nitrogens is 1. The summed E-state index contributed by atoms with van der Waals surface area (Å²) in [6.07, 6.45) is 0.